The van der Waals surface area contributed by atoms with Crippen LogP contribution in [0.25, 0.3) is 0 Å². The van der Waals surface area contributed by atoms with E-state index < -0.39 is 60.7 Å². The number of esters is 4. The molecule has 0 aliphatic carbocycles. The van der Waals surface area contributed by atoms with Crippen LogP contribution in [0.2, 0.25) is 0 Å². The second kappa shape index (κ2) is 10.2. The minimum Gasteiger partial charge on any atom is -0.457 e. The first-order valence-corrected chi connectivity index (χ1v) is 8.08. The van der Waals surface area contributed by atoms with Crippen LogP contribution < -0.4 is 0 Å². The summed E-state index contributed by atoms with van der Waals surface area (Å²) in [6.45, 7) is 4.25. The molecule has 1 heterocycles. The first-order chi connectivity index (χ1) is 12.6. The van der Waals surface area contributed by atoms with Crippen molar-refractivity contribution in [1.82, 2.24) is 0 Å². The third-order valence-corrected chi connectivity index (χ3v) is 3.47. The Morgan fingerprint density at radius 1 is 0.852 bits per heavy atom. The van der Waals surface area contributed by atoms with Crippen LogP contribution >= 0.6 is 0 Å². The van der Waals surface area contributed by atoms with E-state index in [1.165, 1.54) is 7.11 Å². The number of carbonyl (C=O) groups is 4. The summed E-state index contributed by atoms with van der Waals surface area (Å²) >= 11 is 0. The Morgan fingerprint density at radius 2 is 1.33 bits per heavy atom. The van der Waals surface area contributed by atoms with Crippen LogP contribution in [0.3, 0.4) is 0 Å². The molecule has 0 aromatic heterocycles. The monoisotopic (exact) mass is 392 g/mol. The fourth-order valence-electron chi connectivity index (χ4n) is 2.69. The molecule has 0 saturated carbocycles. The van der Waals surface area contributed by atoms with E-state index in [-0.39, 0.29) is 6.61 Å². The lowest BCUT2D eigenvalue weighted by atomic mass is 9.94. The van der Waals surface area contributed by atoms with E-state index >= 15 is 0 Å². The predicted octanol–water partition coefficient (Wildman–Crippen LogP) is -0.923. The van der Waals surface area contributed by atoms with Crippen molar-refractivity contribution < 1.29 is 52.7 Å². The van der Waals surface area contributed by atoms with Crippen molar-refractivity contribution in [3.05, 3.63) is 0 Å². The maximum Gasteiger partial charge on any atom is 0.303 e. The number of aliphatic hydroxyl groups excluding tert-OH is 1. The maximum atomic E-state index is 11.6. The van der Waals surface area contributed by atoms with Gasteiger partial charge in [0.25, 0.3) is 0 Å². The highest BCUT2D eigenvalue weighted by atomic mass is 16.7. The molecule has 27 heavy (non-hydrogen) atoms. The summed E-state index contributed by atoms with van der Waals surface area (Å²) in [7, 11) is 1.34. The van der Waals surface area contributed by atoms with Gasteiger partial charge in [0.05, 0.1) is 6.61 Å². The number of methoxy groups -OCH3 is 1. The molecule has 0 aromatic carbocycles. The normalized spacial score (nSPS) is 28.6. The lowest BCUT2D eigenvalue weighted by Gasteiger charge is -2.44. The molecule has 1 N–H and O–H groups in total. The molecular weight excluding hydrogens is 368 g/mol. The Hall–Kier alpha value is -2.24. The summed E-state index contributed by atoms with van der Waals surface area (Å²) < 4.78 is 30.8. The lowest BCUT2D eigenvalue weighted by Crippen LogP contribution is -2.64. The van der Waals surface area contributed by atoms with E-state index in [4.69, 9.17) is 28.4 Å². The van der Waals surface area contributed by atoms with Gasteiger partial charge >= 0.3 is 23.9 Å². The molecule has 154 valence electrons. The zero-order chi connectivity index (χ0) is 20.7. The molecule has 1 aliphatic rings. The van der Waals surface area contributed by atoms with Gasteiger partial charge < -0.3 is 33.5 Å². The second-order valence-electron chi connectivity index (χ2n) is 5.82. The summed E-state index contributed by atoms with van der Waals surface area (Å²) in [4.78, 5) is 45.8. The van der Waals surface area contributed by atoms with E-state index in [0.717, 1.165) is 27.7 Å². The van der Waals surface area contributed by atoms with Crippen molar-refractivity contribution in [1.29, 1.82) is 0 Å². The molecular formula is C16H24O11. The predicted molar refractivity (Wildman–Crippen MR) is 85.0 cm³/mol. The van der Waals surface area contributed by atoms with Gasteiger partial charge in [0.15, 0.2) is 30.7 Å². The van der Waals surface area contributed by atoms with Crippen LogP contribution in [-0.4, -0.2) is 79.5 Å². The second-order valence-corrected chi connectivity index (χ2v) is 5.82. The highest BCUT2D eigenvalue weighted by molar-refractivity contribution is 5.68. The van der Waals surface area contributed by atoms with Crippen LogP contribution in [0.5, 0.6) is 0 Å². The minimum atomic E-state index is -1.75. The van der Waals surface area contributed by atoms with E-state index in [1.807, 2.05) is 0 Å². The van der Waals surface area contributed by atoms with Gasteiger partial charge in [-0.3, -0.25) is 19.2 Å². The summed E-state index contributed by atoms with van der Waals surface area (Å²) in [5.41, 5.74) is 0. The number of rotatable bonds is 7. The largest absolute Gasteiger partial charge is 0.457 e. The van der Waals surface area contributed by atoms with E-state index in [2.05, 4.69) is 0 Å². The highest BCUT2D eigenvalue weighted by Crippen LogP contribution is 2.30. The zero-order valence-electron chi connectivity index (χ0n) is 15.7. The van der Waals surface area contributed by atoms with Gasteiger partial charge in [-0.1, -0.05) is 0 Å². The van der Waals surface area contributed by atoms with Gasteiger partial charge in [0, 0.05) is 34.8 Å². The van der Waals surface area contributed by atoms with Crippen LogP contribution in [0.15, 0.2) is 0 Å². The number of ether oxygens (including phenoxy) is 6. The van der Waals surface area contributed by atoms with Crippen molar-refractivity contribution in [2.45, 2.75) is 64.5 Å². The zero-order valence-corrected chi connectivity index (χ0v) is 15.7. The SMILES string of the molecule is COC[C@@H](OC(C)=O)[C@H]1OC(O)[C@H](OC(C)=O)[C@@H](OC(C)=O)[C@@H]1OC(C)=O. The van der Waals surface area contributed by atoms with Crippen LogP contribution in [-0.2, 0) is 47.6 Å². The van der Waals surface area contributed by atoms with E-state index in [0.29, 0.717) is 0 Å². The lowest BCUT2D eigenvalue weighted by molar-refractivity contribution is -0.306. The van der Waals surface area contributed by atoms with Crippen molar-refractivity contribution in [2.24, 2.45) is 0 Å². The number of hydrogen-bond acceptors (Lipinski definition) is 11. The number of aliphatic hydroxyl groups is 1. The van der Waals surface area contributed by atoms with Crippen molar-refractivity contribution in [3.8, 4) is 0 Å². The standard InChI is InChI=1S/C16H24O11/c1-7(17)23-11(6-22-5)12-13(24-8(2)18)14(25-9(3)19)15(16(21)27-12)26-10(4)20/h11-16,21H,6H2,1-5H3/t11-,12-,13-,14+,15-,16?/m1/s1. The molecule has 1 saturated heterocycles. The average molecular weight is 392 g/mol. The highest BCUT2D eigenvalue weighted by Gasteiger charge is 2.54. The summed E-state index contributed by atoms with van der Waals surface area (Å²) in [5, 5.41) is 10.3. The van der Waals surface area contributed by atoms with Gasteiger partial charge in [-0.2, -0.15) is 0 Å². The summed E-state index contributed by atoms with van der Waals surface area (Å²) in [5.74, 6) is -3.00. The first kappa shape index (κ1) is 22.8. The van der Waals surface area contributed by atoms with E-state index in [9.17, 15) is 24.3 Å². The Bertz CT molecular complexity index is 561. The van der Waals surface area contributed by atoms with Crippen molar-refractivity contribution >= 4 is 23.9 Å². The Labute approximate surface area is 155 Å². The fourth-order valence-corrected chi connectivity index (χ4v) is 2.69. The quantitative estimate of drug-likeness (QED) is 0.424. The average Bonchev–Trinajstić information content (AvgIpc) is 2.51. The molecule has 1 aliphatic heterocycles. The molecule has 0 spiro atoms. The Morgan fingerprint density at radius 3 is 1.78 bits per heavy atom. The van der Waals surface area contributed by atoms with Crippen LogP contribution in [0.1, 0.15) is 27.7 Å². The molecule has 0 bridgehead atoms. The molecule has 0 radical (unpaired) electrons. The Kier molecular flexibility index (Phi) is 8.60. The smallest absolute Gasteiger partial charge is 0.303 e. The third-order valence-electron chi connectivity index (χ3n) is 3.47. The van der Waals surface area contributed by atoms with Gasteiger partial charge in [-0.05, 0) is 0 Å². The van der Waals surface area contributed by atoms with Gasteiger partial charge in [-0.15, -0.1) is 0 Å². The molecule has 1 unspecified atom stereocenters. The van der Waals surface area contributed by atoms with Crippen molar-refractivity contribution in [2.75, 3.05) is 13.7 Å². The van der Waals surface area contributed by atoms with Crippen LogP contribution in [0, 0.1) is 0 Å². The molecule has 11 nitrogen and oxygen atoms in total. The third kappa shape index (κ3) is 6.77. The molecule has 11 heteroatoms. The molecule has 1 rings (SSSR count). The summed E-state index contributed by atoms with van der Waals surface area (Å²) in [6, 6.07) is 0. The molecule has 0 aromatic rings. The van der Waals surface area contributed by atoms with Gasteiger partial charge in [0.1, 0.15) is 6.10 Å². The van der Waals surface area contributed by atoms with E-state index in [1.54, 1.807) is 0 Å². The van der Waals surface area contributed by atoms with Gasteiger partial charge in [-0.25, -0.2) is 0 Å². The topological polar surface area (TPSA) is 144 Å². The molecule has 0 amide bonds. The number of carbonyl (C=O) groups excluding carboxylic acids is 4. The van der Waals surface area contributed by atoms with Gasteiger partial charge in [0.2, 0.25) is 0 Å². The Balaban J connectivity index is 3.31. The molecule has 6 atom stereocenters. The number of hydrogen-bond donors (Lipinski definition) is 1. The fraction of sp³-hybridized carbons (Fsp3) is 0.750. The summed E-state index contributed by atoms with van der Waals surface area (Å²) in [6.07, 6.45) is -8.33. The maximum absolute atomic E-state index is 11.6. The van der Waals surface area contributed by atoms with Crippen molar-refractivity contribution in [3.63, 3.8) is 0 Å². The molecule has 1 fully saturated rings. The minimum absolute atomic E-state index is 0.167. The first-order valence-electron chi connectivity index (χ1n) is 8.08. The van der Waals surface area contributed by atoms with Crippen LogP contribution in [0.4, 0.5) is 0 Å².